The zero-order valence-corrected chi connectivity index (χ0v) is 12.1. The van der Waals surface area contributed by atoms with E-state index in [4.69, 9.17) is 0 Å². The van der Waals surface area contributed by atoms with Gasteiger partial charge in [-0.15, -0.1) is 0 Å². The summed E-state index contributed by atoms with van der Waals surface area (Å²) in [6, 6.07) is 8.80. The van der Waals surface area contributed by atoms with Crippen molar-refractivity contribution in [3.8, 4) is 0 Å². The average molecular weight is 256 g/mol. The molecule has 1 saturated heterocycles. The van der Waals surface area contributed by atoms with Gasteiger partial charge in [-0.2, -0.15) is 0 Å². The normalized spacial score (nSPS) is 17.7. The zero-order chi connectivity index (χ0) is 13.7. The van der Waals surface area contributed by atoms with Gasteiger partial charge < -0.3 is 9.80 Å². The van der Waals surface area contributed by atoms with Crippen molar-refractivity contribution >= 4 is 11.4 Å². The fraction of sp³-hybridized carbons (Fsp3) is 0.412. The van der Waals surface area contributed by atoms with Crippen molar-refractivity contribution < 1.29 is 0 Å². The summed E-state index contributed by atoms with van der Waals surface area (Å²) < 4.78 is 0. The van der Waals surface area contributed by atoms with E-state index in [-0.39, 0.29) is 0 Å². The Balaban J connectivity index is 0.000000637. The predicted molar refractivity (Wildman–Crippen MR) is 84.9 cm³/mol. The SMILES string of the molecule is C=C1C=CCN1c1cccc(N2CCCC2)c1.CC. The van der Waals surface area contributed by atoms with E-state index in [9.17, 15) is 0 Å². The van der Waals surface area contributed by atoms with E-state index in [2.05, 4.69) is 52.8 Å². The molecule has 0 unspecified atom stereocenters. The Kier molecular flexibility index (Phi) is 4.67. The molecule has 1 aromatic rings. The third-order valence-corrected chi connectivity index (χ3v) is 3.56. The lowest BCUT2D eigenvalue weighted by atomic mass is 10.2. The Morgan fingerprint density at radius 3 is 2.37 bits per heavy atom. The van der Waals surface area contributed by atoms with Gasteiger partial charge in [-0.3, -0.25) is 0 Å². The van der Waals surface area contributed by atoms with Gasteiger partial charge in [0, 0.05) is 36.7 Å². The smallest absolute Gasteiger partial charge is 0.0434 e. The summed E-state index contributed by atoms with van der Waals surface area (Å²) in [5, 5.41) is 0. The molecule has 0 aromatic heterocycles. The molecule has 0 N–H and O–H groups in total. The second-order valence-corrected chi connectivity index (χ2v) is 4.72. The van der Waals surface area contributed by atoms with Crippen LogP contribution in [0.5, 0.6) is 0 Å². The lowest BCUT2D eigenvalue weighted by Crippen LogP contribution is -2.19. The molecule has 3 rings (SSSR count). The second-order valence-electron chi connectivity index (χ2n) is 4.72. The Bertz CT molecular complexity index is 456. The molecule has 1 fully saturated rings. The van der Waals surface area contributed by atoms with Crippen LogP contribution >= 0.6 is 0 Å². The predicted octanol–water partition coefficient (Wildman–Crippen LogP) is 4.20. The van der Waals surface area contributed by atoms with Gasteiger partial charge in [-0.1, -0.05) is 32.6 Å². The van der Waals surface area contributed by atoms with Crippen LogP contribution in [0.2, 0.25) is 0 Å². The van der Waals surface area contributed by atoms with Crippen molar-refractivity contribution in [3.05, 3.63) is 48.7 Å². The monoisotopic (exact) mass is 256 g/mol. The number of hydrogen-bond donors (Lipinski definition) is 0. The van der Waals surface area contributed by atoms with Gasteiger partial charge in [0.05, 0.1) is 0 Å². The third-order valence-electron chi connectivity index (χ3n) is 3.56. The molecule has 0 radical (unpaired) electrons. The van der Waals surface area contributed by atoms with Crippen LogP contribution in [0.1, 0.15) is 26.7 Å². The zero-order valence-electron chi connectivity index (χ0n) is 12.1. The maximum Gasteiger partial charge on any atom is 0.0434 e. The maximum atomic E-state index is 4.06. The number of allylic oxidation sites excluding steroid dienone is 1. The van der Waals surface area contributed by atoms with Gasteiger partial charge in [0.1, 0.15) is 0 Å². The molecule has 2 aliphatic heterocycles. The first-order valence-corrected chi connectivity index (χ1v) is 7.32. The first-order valence-electron chi connectivity index (χ1n) is 7.32. The van der Waals surface area contributed by atoms with Gasteiger partial charge in [-0.05, 0) is 37.1 Å². The molecule has 0 bridgehead atoms. The fourth-order valence-corrected chi connectivity index (χ4v) is 2.61. The topological polar surface area (TPSA) is 6.48 Å². The van der Waals surface area contributed by atoms with E-state index in [1.54, 1.807) is 0 Å². The van der Waals surface area contributed by atoms with Crippen LogP contribution in [0, 0.1) is 0 Å². The highest BCUT2D eigenvalue weighted by Gasteiger charge is 2.15. The van der Waals surface area contributed by atoms with E-state index in [1.807, 2.05) is 13.8 Å². The summed E-state index contributed by atoms with van der Waals surface area (Å²) in [5.74, 6) is 0. The highest BCUT2D eigenvalue weighted by Crippen LogP contribution is 2.28. The Hall–Kier alpha value is -1.70. The molecular formula is C17H24N2. The Morgan fingerprint density at radius 2 is 1.74 bits per heavy atom. The summed E-state index contributed by atoms with van der Waals surface area (Å²) >= 11 is 0. The van der Waals surface area contributed by atoms with Crippen molar-refractivity contribution in [2.45, 2.75) is 26.7 Å². The summed E-state index contributed by atoms with van der Waals surface area (Å²) in [6.45, 7) is 11.4. The lowest BCUT2D eigenvalue weighted by Gasteiger charge is -2.23. The van der Waals surface area contributed by atoms with Gasteiger partial charge in [0.15, 0.2) is 0 Å². The number of nitrogens with zero attached hydrogens (tertiary/aromatic N) is 2. The second kappa shape index (κ2) is 6.46. The quantitative estimate of drug-likeness (QED) is 0.782. The van der Waals surface area contributed by atoms with Crippen molar-refractivity contribution in [1.29, 1.82) is 0 Å². The summed E-state index contributed by atoms with van der Waals surface area (Å²) in [5.41, 5.74) is 3.69. The molecule has 2 nitrogen and oxygen atoms in total. The van der Waals surface area contributed by atoms with Gasteiger partial charge in [0.25, 0.3) is 0 Å². The van der Waals surface area contributed by atoms with Gasteiger partial charge in [0.2, 0.25) is 0 Å². The van der Waals surface area contributed by atoms with Crippen LogP contribution in [0.4, 0.5) is 11.4 Å². The largest absolute Gasteiger partial charge is 0.371 e. The summed E-state index contributed by atoms with van der Waals surface area (Å²) in [4.78, 5) is 4.72. The summed E-state index contributed by atoms with van der Waals surface area (Å²) in [6.07, 6.45) is 6.89. The average Bonchev–Trinajstić information content (AvgIpc) is 3.12. The molecule has 0 amide bonds. The van der Waals surface area contributed by atoms with Crippen molar-refractivity contribution in [2.75, 3.05) is 29.4 Å². The Labute approximate surface area is 117 Å². The minimum Gasteiger partial charge on any atom is -0.371 e. The molecule has 19 heavy (non-hydrogen) atoms. The molecular weight excluding hydrogens is 232 g/mol. The first kappa shape index (κ1) is 13.7. The van der Waals surface area contributed by atoms with Crippen molar-refractivity contribution in [3.63, 3.8) is 0 Å². The number of anilines is 2. The maximum absolute atomic E-state index is 4.06. The van der Waals surface area contributed by atoms with Gasteiger partial charge in [-0.25, -0.2) is 0 Å². The van der Waals surface area contributed by atoms with Crippen LogP contribution in [0.15, 0.2) is 48.7 Å². The summed E-state index contributed by atoms with van der Waals surface area (Å²) in [7, 11) is 0. The molecule has 1 aromatic carbocycles. The lowest BCUT2D eigenvalue weighted by molar-refractivity contribution is 0.949. The number of rotatable bonds is 2. The van der Waals surface area contributed by atoms with E-state index in [0.29, 0.717) is 0 Å². The fourth-order valence-electron chi connectivity index (χ4n) is 2.61. The third kappa shape index (κ3) is 3.01. The molecule has 102 valence electrons. The molecule has 2 aliphatic rings. The van der Waals surface area contributed by atoms with Crippen LogP contribution in [-0.4, -0.2) is 19.6 Å². The van der Waals surface area contributed by atoms with Crippen LogP contribution in [0.3, 0.4) is 0 Å². The standard InChI is InChI=1S/C15H18N2.C2H6/c1-13-6-5-11-17(13)15-8-4-7-14(12-15)16-9-2-3-10-16;1-2/h4-8,12H,1-3,9-11H2;1-2H3. The van der Waals surface area contributed by atoms with E-state index < -0.39 is 0 Å². The van der Waals surface area contributed by atoms with Gasteiger partial charge >= 0.3 is 0 Å². The number of hydrogen-bond acceptors (Lipinski definition) is 2. The minimum atomic E-state index is 0.947. The van der Waals surface area contributed by atoms with Crippen LogP contribution in [-0.2, 0) is 0 Å². The van der Waals surface area contributed by atoms with Crippen molar-refractivity contribution in [1.82, 2.24) is 0 Å². The van der Waals surface area contributed by atoms with E-state index in [1.165, 1.54) is 37.3 Å². The molecule has 0 atom stereocenters. The Morgan fingerprint density at radius 1 is 1.05 bits per heavy atom. The molecule has 0 spiro atoms. The van der Waals surface area contributed by atoms with E-state index in [0.717, 1.165) is 12.2 Å². The highest BCUT2D eigenvalue weighted by molar-refractivity contribution is 5.64. The highest BCUT2D eigenvalue weighted by atomic mass is 15.2. The number of benzene rings is 1. The molecule has 0 aliphatic carbocycles. The van der Waals surface area contributed by atoms with Crippen LogP contribution < -0.4 is 9.80 Å². The van der Waals surface area contributed by atoms with Crippen LogP contribution in [0.25, 0.3) is 0 Å². The molecule has 0 saturated carbocycles. The first-order chi connectivity index (χ1) is 9.34. The minimum absolute atomic E-state index is 0.947. The van der Waals surface area contributed by atoms with Crippen molar-refractivity contribution in [2.24, 2.45) is 0 Å². The molecule has 2 heteroatoms. The molecule has 2 heterocycles. The van der Waals surface area contributed by atoms with E-state index >= 15 is 0 Å².